The van der Waals surface area contributed by atoms with Crippen LogP contribution in [0.1, 0.15) is 38.3 Å². The predicted octanol–water partition coefficient (Wildman–Crippen LogP) is 2.91. The van der Waals surface area contributed by atoms with Crippen LogP contribution < -0.4 is 5.32 Å². The standard InChI is InChI=1S/C16H24N4O/c1-2-4-14-11-16(20-15(19-14)6-9-18-20)17-8-3-5-13-7-10-21-12-13/h6,9,11,13,17H,2-5,7-8,10,12H2,1H3/t13-/m1/s1. The monoisotopic (exact) mass is 288 g/mol. The lowest BCUT2D eigenvalue weighted by atomic mass is 10.0. The van der Waals surface area contributed by atoms with Gasteiger partial charge >= 0.3 is 0 Å². The first-order chi connectivity index (χ1) is 10.4. The molecule has 0 unspecified atom stereocenters. The molecule has 0 amide bonds. The summed E-state index contributed by atoms with van der Waals surface area (Å²) in [5, 5.41) is 7.86. The lowest BCUT2D eigenvalue weighted by Crippen LogP contribution is -2.10. The number of aromatic nitrogens is 3. The fourth-order valence-electron chi connectivity index (χ4n) is 2.89. The van der Waals surface area contributed by atoms with Gasteiger partial charge in [-0.1, -0.05) is 13.3 Å². The Balaban J connectivity index is 1.60. The molecule has 3 heterocycles. The molecule has 0 radical (unpaired) electrons. The second-order valence-corrected chi connectivity index (χ2v) is 5.78. The molecule has 0 spiro atoms. The highest BCUT2D eigenvalue weighted by atomic mass is 16.5. The van der Waals surface area contributed by atoms with E-state index in [-0.39, 0.29) is 0 Å². The van der Waals surface area contributed by atoms with Crippen LogP contribution in [0.5, 0.6) is 0 Å². The number of anilines is 1. The van der Waals surface area contributed by atoms with Crippen LogP contribution in [0.3, 0.4) is 0 Å². The third kappa shape index (κ3) is 3.53. The van der Waals surface area contributed by atoms with Gasteiger partial charge in [0, 0.05) is 37.6 Å². The van der Waals surface area contributed by atoms with Crippen molar-refractivity contribution < 1.29 is 4.74 Å². The van der Waals surface area contributed by atoms with E-state index in [1.165, 1.54) is 19.3 Å². The fraction of sp³-hybridized carbons (Fsp3) is 0.625. The second-order valence-electron chi connectivity index (χ2n) is 5.78. The number of hydrogen-bond donors (Lipinski definition) is 1. The van der Waals surface area contributed by atoms with Crippen molar-refractivity contribution in [2.45, 2.75) is 39.0 Å². The van der Waals surface area contributed by atoms with E-state index in [1.807, 2.05) is 10.6 Å². The molecular formula is C16H24N4O. The minimum atomic E-state index is 0.754. The fourth-order valence-corrected chi connectivity index (χ4v) is 2.89. The Labute approximate surface area is 125 Å². The minimum Gasteiger partial charge on any atom is -0.381 e. The topological polar surface area (TPSA) is 51.5 Å². The van der Waals surface area contributed by atoms with Gasteiger partial charge in [0.2, 0.25) is 0 Å². The van der Waals surface area contributed by atoms with Crippen LogP contribution in [0.25, 0.3) is 5.65 Å². The molecule has 5 heteroatoms. The molecule has 1 N–H and O–H groups in total. The van der Waals surface area contributed by atoms with Gasteiger partial charge in [-0.25, -0.2) is 4.98 Å². The van der Waals surface area contributed by atoms with Crippen molar-refractivity contribution >= 4 is 11.5 Å². The first-order valence-corrected chi connectivity index (χ1v) is 8.02. The Morgan fingerprint density at radius 2 is 2.43 bits per heavy atom. The molecular weight excluding hydrogens is 264 g/mol. The lowest BCUT2D eigenvalue weighted by molar-refractivity contribution is 0.184. The molecule has 3 rings (SSSR count). The zero-order valence-corrected chi connectivity index (χ0v) is 12.7. The second kappa shape index (κ2) is 6.89. The number of hydrogen-bond acceptors (Lipinski definition) is 4. The Morgan fingerprint density at radius 1 is 1.48 bits per heavy atom. The zero-order chi connectivity index (χ0) is 14.5. The SMILES string of the molecule is CCCc1cc(NCCC[C@@H]2CCOC2)n2nccc2n1. The van der Waals surface area contributed by atoms with Crippen LogP contribution in [-0.2, 0) is 11.2 Å². The number of nitrogens with zero attached hydrogens (tertiary/aromatic N) is 3. The molecule has 5 nitrogen and oxygen atoms in total. The summed E-state index contributed by atoms with van der Waals surface area (Å²) in [4.78, 5) is 4.62. The van der Waals surface area contributed by atoms with Gasteiger partial charge in [-0.05, 0) is 31.6 Å². The molecule has 0 bridgehead atoms. The van der Waals surface area contributed by atoms with Gasteiger partial charge in [0.25, 0.3) is 0 Å². The highest BCUT2D eigenvalue weighted by molar-refractivity contribution is 5.49. The predicted molar refractivity (Wildman–Crippen MR) is 83.6 cm³/mol. The first kappa shape index (κ1) is 14.3. The number of aryl methyl sites for hydroxylation is 1. The molecule has 1 aliphatic rings. The van der Waals surface area contributed by atoms with Gasteiger partial charge in [-0.2, -0.15) is 9.61 Å². The molecule has 1 atom stereocenters. The smallest absolute Gasteiger partial charge is 0.157 e. The van der Waals surface area contributed by atoms with Crippen LogP contribution in [0.15, 0.2) is 18.3 Å². The van der Waals surface area contributed by atoms with Crippen LogP contribution in [-0.4, -0.2) is 34.4 Å². The van der Waals surface area contributed by atoms with Gasteiger partial charge in [0.05, 0.1) is 6.20 Å². The number of fused-ring (bicyclic) bond motifs is 1. The van der Waals surface area contributed by atoms with Crippen LogP contribution in [0.2, 0.25) is 0 Å². The molecule has 1 aliphatic heterocycles. The van der Waals surface area contributed by atoms with Crippen molar-refractivity contribution in [1.82, 2.24) is 14.6 Å². The molecule has 114 valence electrons. The maximum absolute atomic E-state index is 5.42. The highest BCUT2D eigenvalue weighted by Gasteiger charge is 2.14. The summed E-state index contributed by atoms with van der Waals surface area (Å²) >= 11 is 0. The summed E-state index contributed by atoms with van der Waals surface area (Å²) < 4.78 is 7.31. The van der Waals surface area contributed by atoms with Crippen LogP contribution >= 0.6 is 0 Å². The molecule has 0 aromatic carbocycles. The summed E-state index contributed by atoms with van der Waals surface area (Å²) in [5.41, 5.74) is 2.06. The number of nitrogens with one attached hydrogen (secondary N) is 1. The zero-order valence-electron chi connectivity index (χ0n) is 12.7. The Kier molecular flexibility index (Phi) is 4.70. The van der Waals surface area contributed by atoms with Gasteiger partial charge in [-0.3, -0.25) is 0 Å². The van der Waals surface area contributed by atoms with Gasteiger partial charge in [-0.15, -0.1) is 0 Å². The van der Waals surface area contributed by atoms with E-state index in [9.17, 15) is 0 Å². The third-order valence-corrected chi connectivity index (χ3v) is 4.04. The average Bonchev–Trinajstić information content (AvgIpc) is 3.14. The molecule has 2 aromatic rings. The van der Waals surface area contributed by atoms with E-state index < -0.39 is 0 Å². The van der Waals surface area contributed by atoms with E-state index in [0.717, 1.165) is 55.7 Å². The van der Waals surface area contributed by atoms with Crippen molar-refractivity contribution in [3.8, 4) is 0 Å². The quantitative estimate of drug-likeness (QED) is 0.796. The summed E-state index contributed by atoms with van der Waals surface area (Å²) in [7, 11) is 0. The van der Waals surface area contributed by atoms with Crippen molar-refractivity contribution in [2.75, 3.05) is 25.1 Å². The first-order valence-electron chi connectivity index (χ1n) is 8.02. The number of rotatable bonds is 7. The van der Waals surface area contributed by atoms with Crippen molar-refractivity contribution in [3.63, 3.8) is 0 Å². The van der Waals surface area contributed by atoms with Gasteiger partial charge in [0.15, 0.2) is 5.65 Å². The van der Waals surface area contributed by atoms with Crippen molar-refractivity contribution in [2.24, 2.45) is 5.92 Å². The van der Waals surface area contributed by atoms with Crippen LogP contribution in [0, 0.1) is 5.92 Å². The van der Waals surface area contributed by atoms with E-state index in [4.69, 9.17) is 4.74 Å². The van der Waals surface area contributed by atoms with Crippen LogP contribution in [0.4, 0.5) is 5.82 Å². The number of ether oxygens (including phenoxy) is 1. The summed E-state index contributed by atoms with van der Waals surface area (Å²) in [6.45, 7) is 5.04. The minimum absolute atomic E-state index is 0.754. The Bertz CT molecular complexity index is 575. The maximum atomic E-state index is 5.42. The summed E-state index contributed by atoms with van der Waals surface area (Å²) in [5.74, 6) is 1.81. The Morgan fingerprint density at radius 3 is 3.24 bits per heavy atom. The average molecular weight is 288 g/mol. The highest BCUT2D eigenvalue weighted by Crippen LogP contribution is 2.18. The third-order valence-electron chi connectivity index (χ3n) is 4.04. The maximum Gasteiger partial charge on any atom is 0.157 e. The summed E-state index contributed by atoms with van der Waals surface area (Å²) in [6, 6.07) is 4.09. The molecule has 21 heavy (non-hydrogen) atoms. The van der Waals surface area contributed by atoms with E-state index in [2.05, 4.69) is 28.4 Å². The largest absolute Gasteiger partial charge is 0.381 e. The van der Waals surface area contributed by atoms with Gasteiger partial charge in [0.1, 0.15) is 5.82 Å². The molecule has 0 saturated carbocycles. The molecule has 1 fully saturated rings. The molecule has 0 aliphatic carbocycles. The molecule has 1 saturated heterocycles. The summed E-state index contributed by atoms with van der Waals surface area (Å²) in [6.07, 6.45) is 7.55. The van der Waals surface area contributed by atoms with E-state index in [1.54, 1.807) is 6.20 Å². The van der Waals surface area contributed by atoms with Crippen molar-refractivity contribution in [1.29, 1.82) is 0 Å². The molecule has 2 aromatic heterocycles. The normalized spacial score (nSPS) is 18.4. The van der Waals surface area contributed by atoms with E-state index in [0.29, 0.717) is 0 Å². The van der Waals surface area contributed by atoms with Crippen molar-refractivity contribution in [3.05, 3.63) is 24.0 Å². The lowest BCUT2D eigenvalue weighted by Gasteiger charge is -2.11. The Hall–Kier alpha value is -1.62. The van der Waals surface area contributed by atoms with Gasteiger partial charge < -0.3 is 10.1 Å². The van der Waals surface area contributed by atoms with E-state index >= 15 is 0 Å².